The lowest BCUT2D eigenvalue weighted by Crippen LogP contribution is -2.27. The summed E-state index contributed by atoms with van der Waals surface area (Å²) in [6, 6.07) is 3.84. The van der Waals surface area contributed by atoms with Crippen molar-refractivity contribution in [2.75, 3.05) is 5.32 Å². The van der Waals surface area contributed by atoms with Crippen molar-refractivity contribution in [2.24, 2.45) is 5.41 Å². The van der Waals surface area contributed by atoms with Gasteiger partial charge in [-0.2, -0.15) is 0 Å². The number of amides is 1. The summed E-state index contributed by atoms with van der Waals surface area (Å²) in [4.78, 5) is 16.0. The van der Waals surface area contributed by atoms with E-state index >= 15 is 0 Å². The Kier molecular flexibility index (Phi) is 3.68. The monoisotopic (exact) mass is 220 g/mol. The Hall–Kier alpha value is -1.38. The number of aromatic nitrogens is 1. The molecule has 0 bridgehead atoms. The fraction of sp³-hybridized carbons (Fsp3) is 0.538. The lowest BCUT2D eigenvalue weighted by molar-refractivity contribution is -0.123. The molecule has 0 saturated carbocycles. The molecule has 0 unspecified atom stereocenters. The van der Waals surface area contributed by atoms with Crippen LogP contribution in [0.4, 0.5) is 5.69 Å². The maximum Gasteiger partial charge on any atom is 0.229 e. The topological polar surface area (TPSA) is 42.0 Å². The summed E-state index contributed by atoms with van der Waals surface area (Å²) in [5, 5.41) is 2.85. The van der Waals surface area contributed by atoms with Crippen molar-refractivity contribution in [3.8, 4) is 0 Å². The van der Waals surface area contributed by atoms with Gasteiger partial charge in [-0.3, -0.25) is 9.78 Å². The number of carbonyl (C=O) groups excluding carboxylic acids is 1. The molecule has 1 heterocycles. The van der Waals surface area contributed by atoms with Crippen molar-refractivity contribution in [1.29, 1.82) is 0 Å². The molecule has 0 aliphatic heterocycles. The molecule has 0 fully saturated rings. The molecular formula is C13H20N2O. The van der Waals surface area contributed by atoms with Crippen molar-refractivity contribution in [1.82, 2.24) is 4.98 Å². The van der Waals surface area contributed by atoms with E-state index in [-0.39, 0.29) is 11.3 Å². The summed E-state index contributed by atoms with van der Waals surface area (Å²) in [5.74, 6) is 0.416. The molecule has 1 aromatic heterocycles. The average Bonchev–Trinajstić information content (AvgIpc) is 2.17. The standard InChI is InChI=1S/C13H20N2O/c1-9(2)11-7-6-10(8-14-11)15-12(16)13(3,4)5/h6-9H,1-5H3,(H,15,16). The largest absolute Gasteiger partial charge is 0.324 e. The van der Waals surface area contributed by atoms with Crippen molar-refractivity contribution in [3.63, 3.8) is 0 Å². The molecule has 3 nitrogen and oxygen atoms in total. The van der Waals surface area contributed by atoms with Crippen LogP contribution in [-0.2, 0) is 4.79 Å². The van der Waals surface area contributed by atoms with Crippen LogP contribution in [0.2, 0.25) is 0 Å². The zero-order valence-corrected chi connectivity index (χ0v) is 10.7. The van der Waals surface area contributed by atoms with E-state index in [1.54, 1.807) is 6.20 Å². The van der Waals surface area contributed by atoms with E-state index in [1.165, 1.54) is 0 Å². The Balaban J connectivity index is 2.73. The summed E-state index contributed by atoms with van der Waals surface area (Å²) in [6.45, 7) is 9.85. The van der Waals surface area contributed by atoms with E-state index in [2.05, 4.69) is 24.1 Å². The SMILES string of the molecule is CC(C)c1ccc(NC(=O)C(C)(C)C)cn1. The van der Waals surface area contributed by atoms with Crippen molar-refractivity contribution in [2.45, 2.75) is 40.5 Å². The second kappa shape index (κ2) is 4.64. The summed E-state index contributed by atoms with van der Waals surface area (Å²) in [6.07, 6.45) is 1.71. The van der Waals surface area contributed by atoms with Gasteiger partial charge in [0.15, 0.2) is 0 Å². The Morgan fingerprint density at radius 1 is 1.31 bits per heavy atom. The fourth-order valence-corrected chi connectivity index (χ4v) is 1.14. The number of carbonyl (C=O) groups is 1. The van der Waals surface area contributed by atoms with E-state index in [0.717, 1.165) is 11.4 Å². The molecule has 16 heavy (non-hydrogen) atoms. The van der Waals surface area contributed by atoms with Gasteiger partial charge in [0.1, 0.15) is 0 Å². The predicted octanol–water partition coefficient (Wildman–Crippen LogP) is 3.19. The van der Waals surface area contributed by atoms with Gasteiger partial charge in [-0.1, -0.05) is 34.6 Å². The minimum absolute atomic E-state index is 0.00611. The van der Waals surface area contributed by atoms with Crippen LogP contribution >= 0.6 is 0 Å². The Morgan fingerprint density at radius 3 is 2.31 bits per heavy atom. The number of anilines is 1. The molecule has 88 valence electrons. The molecular weight excluding hydrogens is 200 g/mol. The predicted molar refractivity (Wildman–Crippen MR) is 66.4 cm³/mol. The molecule has 1 rings (SSSR count). The zero-order chi connectivity index (χ0) is 12.3. The lowest BCUT2D eigenvalue weighted by Gasteiger charge is -2.17. The van der Waals surface area contributed by atoms with Gasteiger partial charge in [0, 0.05) is 11.1 Å². The second-order valence-electron chi connectivity index (χ2n) is 5.33. The normalized spacial score (nSPS) is 11.6. The van der Waals surface area contributed by atoms with Crippen molar-refractivity contribution < 1.29 is 4.79 Å². The third-order valence-corrected chi connectivity index (χ3v) is 2.32. The first-order valence-corrected chi connectivity index (χ1v) is 5.58. The number of pyridine rings is 1. The number of nitrogens with zero attached hydrogens (tertiary/aromatic N) is 1. The molecule has 0 aliphatic rings. The lowest BCUT2D eigenvalue weighted by atomic mass is 9.95. The molecule has 1 amide bonds. The van der Waals surface area contributed by atoms with Crippen LogP contribution in [0.15, 0.2) is 18.3 Å². The molecule has 1 aromatic rings. The third kappa shape index (κ3) is 3.33. The van der Waals surface area contributed by atoms with Crippen LogP contribution in [0.1, 0.15) is 46.2 Å². The molecule has 1 N–H and O–H groups in total. The molecule has 3 heteroatoms. The molecule has 0 atom stereocenters. The molecule has 0 aliphatic carbocycles. The fourth-order valence-electron chi connectivity index (χ4n) is 1.14. The van der Waals surface area contributed by atoms with Gasteiger partial charge in [-0.05, 0) is 18.1 Å². The second-order valence-corrected chi connectivity index (χ2v) is 5.33. The van der Waals surface area contributed by atoms with Gasteiger partial charge in [0.05, 0.1) is 11.9 Å². The van der Waals surface area contributed by atoms with Crippen LogP contribution in [0.3, 0.4) is 0 Å². The maximum absolute atomic E-state index is 11.7. The van der Waals surface area contributed by atoms with Crippen LogP contribution in [0, 0.1) is 5.41 Å². The van der Waals surface area contributed by atoms with Crippen LogP contribution in [0.5, 0.6) is 0 Å². The third-order valence-electron chi connectivity index (χ3n) is 2.32. The van der Waals surface area contributed by atoms with E-state index in [9.17, 15) is 4.79 Å². The Morgan fingerprint density at radius 2 is 1.94 bits per heavy atom. The van der Waals surface area contributed by atoms with E-state index in [0.29, 0.717) is 5.92 Å². The summed E-state index contributed by atoms with van der Waals surface area (Å²) < 4.78 is 0. The van der Waals surface area contributed by atoms with Gasteiger partial charge in [-0.15, -0.1) is 0 Å². The van der Waals surface area contributed by atoms with E-state index in [4.69, 9.17) is 0 Å². The first-order chi connectivity index (χ1) is 7.30. The highest BCUT2D eigenvalue weighted by atomic mass is 16.2. The first-order valence-electron chi connectivity index (χ1n) is 5.58. The van der Waals surface area contributed by atoms with Crippen molar-refractivity contribution >= 4 is 11.6 Å². The molecule has 0 saturated heterocycles. The summed E-state index contributed by atoms with van der Waals surface area (Å²) in [7, 11) is 0. The summed E-state index contributed by atoms with van der Waals surface area (Å²) >= 11 is 0. The Bertz CT molecular complexity index is 361. The highest BCUT2D eigenvalue weighted by Gasteiger charge is 2.21. The van der Waals surface area contributed by atoms with Crippen LogP contribution in [-0.4, -0.2) is 10.9 Å². The van der Waals surface area contributed by atoms with Crippen LogP contribution in [0.25, 0.3) is 0 Å². The minimum Gasteiger partial charge on any atom is -0.324 e. The molecule has 0 aromatic carbocycles. The van der Waals surface area contributed by atoms with Crippen LogP contribution < -0.4 is 5.32 Å². The minimum atomic E-state index is -0.378. The van der Waals surface area contributed by atoms with Gasteiger partial charge in [-0.25, -0.2) is 0 Å². The highest BCUT2D eigenvalue weighted by Crippen LogP contribution is 2.18. The van der Waals surface area contributed by atoms with Gasteiger partial charge in [0.2, 0.25) is 5.91 Å². The van der Waals surface area contributed by atoms with E-state index in [1.807, 2.05) is 32.9 Å². The summed E-state index contributed by atoms with van der Waals surface area (Å²) in [5.41, 5.74) is 1.41. The van der Waals surface area contributed by atoms with E-state index < -0.39 is 0 Å². The Labute approximate surface area is 97.3 Å². The quantitative estimate of drug-likeness (QED) is 0.831. The van der Waals surface area contributed by atoms with Gasteiger partial charge in [0.25, 0.3) is 0 Å². The molecule has 0 spiro atoms. The molecule has 0 radical (unpaired) electrons. The first kappa shape index (κ1) is 12.7. The maximum atomic E-state index is 11.7. The number of hydrogen-bond acceptors (Lipinski definition) is 2. The number of nitrogens with one attached hydrogen (secondary N) is 1. The van der Waals surface area contributed by atoms with Crippen molar-refractivity contribution in [3.05, 3.63) is 24.0 Å². The highest BCUT2D eigenvalue weighted by molar-refractivity contribution is 5.94. The zero-order valence-electron chi connectivity index (χ0n) is 10.7. The number of rotatable bonds is 2. The van der Waals surface area contributed by atoms with Gasteiger partial charge >= 0.3 is 0 Å². The smallest absolute Gasteiger partial charge is 0.229 e. The number of hydrogen-bond donors (Lipinski definition) is 1. The average molecular weight is 220 g/mol. The van der Waals surface area contributed by atoms with Gasteiger partial charge < -0.3 is 5.32 Å².